The van der Waals surface area contributed by atoms with Gasteiger partial charge in [0.25, 0.3) is 0 Å². The highest BCUT2D eigenvalue weighted by Crippen LogP contribution is 2.31. The lowest BCUT2D eigenvalue weighted by Gasteiger charge is -2.07. The molecule has 0 saturated heterocycles. The van der Waals surface area contributed by atoms with Crippen molar-refractivity contribution in [1.29, 1.82) is 0 Å². The van der Waals surface area contributed by atoms with Crippen molar-refractivity contribution in [3.8, 4) is 0 Å². The van der Waals surface area contributed by atoms with Gasteiger partial charge in [-0.2, -0.15) is 0 Å². The molecule has 0 heterocycles. The molecule has 0 spiro atoms. The van der Waals surface area contributed by atoms with Crippen LogP contribution in [0.25, 0.3) is 43.1 Å². The van der Waals surface area contributed by atoms with Crippen molar-refractivity contribution in [3.63, 3.8) is 0 Å². The van der Waals surface area contributed by atoms with Crippen LogP contribution in [-0.4, -0.2) is 0 Å². The van der Waals surface area contributed by atoms with Crippen LogP contribution in [0.3, 0.4) is 0 Å². The SMILES string of the molecule is [c]1cc2cc3cc4ccccc4cc3cc2c2ccccc12. The average Bonchev–Trinajstić information content (AvgIpc) is 2.58. The van der Waals surface area contributed by atoms with E-state index in [4.69, 9.17) is 0 Å². The first-order chi connectivity index (χ1) is 10.9. The van der Waals surface area contributed by atoms with Crippen molar-refractivity contribution in [2.45, 2.75) is 0 Å². The highest BCUT2D eigenvalue weighted by molar-refractivity contribution is 6.13. The summed E-state index contributed by atoms with van der Waals surface area (Å²) >= 11 is 0. The predicted molar refractivity (Wildman–Crippen MR) is 95.3 cm³/mol. The molecule has 5 rings (SSSR count). The fourth-order valence-electron chi connectivity index (χ4n) is 3.36. The molecule has 0 unspecified atom stereocenters. The molecule has 0 amide bonds. The summed E-state index contributed by atoms with van der Waals surface area (Å²) < 4.78 is 0. The standard InChI is InChI=1S/C22H13/c1-2-7-17-12-20-14-22-18(13-19(20)11-16(17)6-1)10-9-15-5-3-4-8-21(15)22/h1-8,10-14H. The zero-order valence-electron chi connectivity index (χ0n) is 12.0. The van der Waals surface area contributed by atoms with E-state index in [2.05, 4.69) is 84.9 Å². The maximum absolute atomic E-state index is 3.40. The second kappa shape index (κ2) is 4.32. The fraction of sp³-hybridized carbons (Fsp3) is 0. The van der Waals surface area contributed by atoms with Gasteiger partial charge in [-0.1, -0.05) is 48.5 Å². The number of benzene rings is 5. The van der Waals surface area contributed by atoms with Crippen LogP contribution in [0.5, 0.6) is 0 Å². The molecule has 22 heavy (non-hydrogen) atoms. The molecule has 0 aliphatic carbocycles. The molecule has 0 atom stereocenters. The Balaban J connectivity index is 1.98. The molecule has 5 aromatic carbocycles. The molecule has 0 N–H and O–H groups in total. The zero-order valence-corrected chi connectivity index (χ0v) is 12.0. The van der Waals surface area contributed by atoms with Crippen molar-refractivity contribution in [1.82, 2.24) is 0 Å². The monoisotopic (exact) mass is 277 g/mol. The maximum atomic E-state index is 3.40. The summed E-state index contributed by atoms with van der Waals surface area (Å²) in [6.07, 6.45) is 0. The van der Waals surface area contributed by atoms with Crippen LogP contribution < -0.4 is 0 Å². The van der Waals surface area contributed by atoms with Crippen LogP contribution in [0.1, 0.15) is 0 Å². The van der Waals surface area contributed by atoms with Crippen LogP contribution in [0.2, 0.25) is 0 Å². The maximum Gasteiger partial charge on any atom is -0.00926 e. The van der Waals surface area contributed by atoms with Crippen molar-refractivity contribution in [3.05, 3.63) is 84.9 Å². The summed E-state index contributed by atoms with van der Waals surface area (Å²) in [5, 5.41) is 10.2. The molecule has 0 nitrogen and oxygen atoms in total. The molecule has 0 aliphatic heterocycles. The van der Waals surface area contributed by atoms with E-state index >= 15 is 0 Å². The molecule has 0 aliphatic rings. The van der Waals surface area contributed by atoms with Gasteiger partial charge in [0.15, 0.2) is 0 Å². The van der Waals surface area contributed by atoms with Gasteiger partial charge in [-0.3, -0.25) is 0 Å². The Morgan fingerprint density at radius 3 is 1.95 bits per heavy atom. The minimum atomic E-state index is 1.18. The largest absolute Gasteiger partial charge is 0.0616 e. The topological polar surface area (TPSA) is 0 Å². The Kier molecular flexibility index (Phi) is 2.31. The van der Waals surface area contributed by atoms with Gasteiger partial charge in [0, 0.05) is 0 Å². The third-order valence-corrected chi connectivity index (χ3v) is 4.47. The summed E-state index contributed by atoms with van der Waals surface area (Å²) in [5.74, 6) is 0. The second-order valence-corrected chi connectivity index (χ2v) is 5.82. The second-order valence-electron chi connectivity index (χ2n) is 5.82. The lowest BCUT2D eigenvalue weighted by Crippen LogP contribution is -1.81. The molecule has 5 aromatic rings. The van der Waals surface area contributed by atoms with E-state index < -0.39 is 0 Å². The summed E-state index contributed by atoms with van der Waals surface area (Å²) in [5.41, 5.74) is 0. The van der Waals surface area contributed by atoms with Gasteiger partial charge in [-0.25, -0.2) is 0 Å². The normalized spacial score (nSPS) is 11.6. The Morgan fingerprint density at radius 2 is 1.14 bits per heavy atom. The average molecular weight is 277 g/mol. The third kappa shape index (κ3) is 1.64. The summed E-state index contributed by atoms with van der Waals surface area (Å²) in [4.78, 5) is 0. The van der Waals surface area contributed by atoms with E-state index in [1.165, 1.54) is 43.1 Å². The molecule has 0 saturated carbocycles. The Morgan fingerprint density at radius 1 is 0.500 bits per heavy atom. The van der Waals surface area contributed by atoms with E-state index in [0.717, 1.165) is 0 Å². The molecule has 0 bridgehead atoms. The van der Waals surface area contributed by atoms with Crippen molar-refractivity contribution < 1.29 is 0 Å². The number of rotatable bonds is 0. The summed E-state index contributed by atoms with van der Waals surface area (Å²) in [6.45, 7) is 0. The Bertz CT molecular complexity index is 1160. The van der Waals surface area contributed by atoms with E-state index in [-0.39, 0.29) is 0 Å². The number of hydrogen-bond acceptors (Lipinski definition) is 0. The van der Waals surface area contributed by atoms with Gasteiger partial charge >= 0.3 is 0 Å². The zero-order chi connectivity index (χ0) is 14.5. The highest BCUT2D eigenvalue weighted by atomic mass is 14.1. The molecule has 101 valence electrons. The quantitative estimate of drug-likeness (QED) is 0.237. The van der Waals surface area contributed by atoms with Gasteiger partial charge in [-0.05, 0) is 79.5 Å². The van der Waals surface area contributed by atoms with Gasteiger partial charge in [0.1, 0.15) is 0 Å². The molecule has 0 heteroatoms. The van der Waals surface area contributed by atoms with Gasteiger partial charge in [-0.15, -0.1) is 0 Å². The lowest BCUT2D eigenvalue weighted by atomic mass is 9.96. The number of hydrogen-bond donors (Lipinski definition) is 0. The summed E-state index contributed by atoms with van der Waals surface area (Å²) in [6, 6.07) is 31.7. The smallest absolute Gasteiger partial charge is 0.00926 e. The minimum absolute atomic E-state index is 1.18. The van der Waals surface area contributed by atoms with Crippen molar-refractivity contribution in [2.75, 3.05) is 0 Å². The third-order valence-electron chi connectivity index (χ3n) is 4.47. The van der Waals surface area contributed by atoms with Crippen LogP contribution in [0.4, 0.5) is 0 Å². The van der Waals surface area contributed by atoms with Crippen LogP contribution in [0.15, 0.2) is 78.9 Å². The predicted octanol–water partition coefficient (Wildman–Crippen LogP) is 6.10. The van der Waals surface area contributed by atoms with Gasteiger partial charge < -0.3 is 0 Å². The summed E-state index contributed by atoms with van der Waals surface area (Å²) in [7, 11) is 0. The molecule has 0 fully saturated rings. The van der Waals surface area contributed by atoms with Gasteiger partial charge in [0.05, 0.1) is 0 Å². The number of fused-ring (bicyclic) bond motifs is 5. The molecular formula is C22H13. The Labute approximate surface area is 128 Å². The van der Waals surface area contributed by atoms with Crippen molar-refractivity contribution >= 4 is 43.1 Å². The Hall–Kier alpha value is -2.86. The van der Waals surface area contributed by atoms with Crippen LogP contribution >= 0.6 is 0 Å². The van der Waals surface area contributed by atoms with Crippen molar-refractivity contribution in [2.24, 2.45) is 0 Å². The molecular weight excluding hydrogens is 264 g/mol. The van der Waals surface area contributed by atoms with E-state index in [9.17, 15) is 0 Å². The molecule has 1 radical (unpaired) electrons. The van der Waals surface area contributed by atoms with E-state index in [1.54, 1.807) is 0 Å². The first kappa shape index (κ1) is 11.8. The highest BCUT2D eigenvalue weighted by Gasteiger charge is 2.04. The lowest BCUT2D eigenvalue weighted by molar-refractivity contribution is 1.77. The van der Waals surface area contributed by atoms with E-state index in [0.29, 0.717) is 0 Å². The van der Waals surface area contributed by atoms with Crippen LogP contribution in [0, 0.1) is 6.07 Å². The first-order valence-electron chi connectivity index (χ1n) is 7.54. The minimum Gasteiger partial charge on any atom is -0.0616 e. The van der Waals surface area contributed by atoms with E-state index in [1.807, 2.05) is 0 Å². The van der Waals surface area contributed by atoms with Crippen LogP contribution in [-0.2, 0) is 0 Å². The molecule has 0 aromatic heterocycles. The fourth-order valence-corrected chi connectivity index (χ4v) is 3.36. The van der Waals surface area contributed by atoms with Gasteiger partial charge in [0.2, 0.25) is 0 Å². The first-order valence-corrected chi connectivity index (χ1v) is 7.54.